The number of carbonyl (C=O) groups is 3. The molecule has 4 atom stereocenters. The normalized spacial score (nSPS) is 27.1. The number of carbonyl (C=O) groups excluding carboxylic acids is 3. The molecule has 1 heterocycles. The summed E-state index contributed by atoms with van der Waals surface area (Å²) in [5, 5.41) is 2.37. The van der Waals surface area contributed by atoms with Gasteiger partial charge < -0.3 is 4.90 Å². The third-order valence-electron chi connectivity index (χ3n) is 6.88. The highest BCUT2D eigenvalue weighted by Gasteiger charge is 2.59. The number of imide groups is 1. The molecule has 148 valence electrons. The van der Waals surface area contributed by atoms with Crippen LogP contribution >= 0.6 is 0 Å². The van der Waals surface area contributed by atoms with Crippen molar-refractivity contribution >= 4 is 28.5 Å². The lowest BCUT2D eigenvalue weighted by atomic mass is 9.85. The van der Waals surface area contributed by atoms with Crippen molar-refractivity contribution in [3.8, 4) is 0 Å². The topological polar surface area (TPSA) is 57.7 Å². The van der Waals surface area contributed by atoms with Crippen LogP contribution in [0.2, 0.25) is 0 Å². The second-order valence-corrected chi connectivity index (χ2v) is 8.47. The van der Waals surface area contributed by atoms with E-state index in [2.05, 4.69) is 36.4 Å². The number of nitrogens with zero attached hydrogens (tertiary/aromatic N) is 2. The summed E-state index contributed by atoms with van der Waals surface area (Å²) in [5.74, 6) is -0.651. The van der Waals surface area contributed by atoms with Gasteiger partial charge in [0.05, 0.1) is 11.8 Å². The van der Waals surface area contributed by atoms with Gasteiger partial charge in [0.2, 0.25) is 17.7 Å². The fraction of sp³-hybridized carbons (Fsp3) is 0.375. The zero-order valence-corrected chi connectivity index (χ0v) is 16.5. The molecule has 5 nitrogen and oxygen atoms in total. The molecular formula is C24H24N2O3. The first-order valence-electron chi connectivity index (χ1n) is 10.3. The third kappa shape index (κ3) is 2.87. The van der Waals surface area contributed by atoms with E-state index < -0.39 is 0 Å². The van der Waals surface area contributed by atoms with Crippen LogP contribution in [0.4, 0.5) is 0 Å². The quantitative estimate of drug-likeness (QED) is 0.585. The monoisotopic (exact) mass is 388 g/mol. The van der Waals surface area contributed by atoms with E-state index in [-0.39, 0.29) is 47.9 Å². The van der Waals surface area contributed by atoms with Crippen LogP contribution in [-0.2, 0) is 20.8 Å². The standard InChI is InChI=1S/C24H24N2O3/c1-25(12-11-16-7-4-6-15-5-2-3-8-19(15)16)20(27)14-26-23(28)21-17-9-10-18(13-17)22(21)24(26)29/h2-10,17-18,21-22H,11-14H2,1H3. The van der Waals surface area contributed by atoms with E-state index in [1.807, 2.05) is 18.2 Å². The summed E-state index contributed by atoms with van der Waals surface area (Å²) >= 11 is 0. The van der Waals surface area contributed by atoms with Gasteiger partial charge in [-0.1, -0.05) is 54.6 Å². The van der Waals surface area contributed by atoms with Gasteiger partial charge >= 0.3 is 0 Å². The third-order valence-corrected chi connectivity index (χ3v) is 6.88. The lowest BCUT2D eigenvalue weighted by Gasteiger charge is -2.22. The van der Waals surface area contributed by atoms with Crippen LogP contribution in [0, 0.1) is 23.7 Å². The van der Waals surface area contributed by atoms with Crippen molar-refractivity contribution in [2.24, 2.45) is 23.7 Å². The van der Waals surface area contributed by atoms with Crippen molar-refractivity contribution in [3.05, 3.63) is 60.2 Å². The Bertz CT molecular complexity index is 1010. The Morgan fingerprint density at radius 2 is 1.66 bits per heavy atom. The van der Waals surface area contributed by atoms with Crippen molar-refractivity contribution in [3.63, 3.8) is 0 Å². The summed E-state index contributed by atoms with van der Waals surface area (Å²) in [6, 6.07) is 14.4. The first-order valence-corrected chi connectivity index (χ1v) is 10.3. The van der Waals surface area contributed by atoms with Gasteiger partial charge in [-0.05, 0) is 41.0 Å². The molecule has 2 fully saturated rings. The zero-order chi connectivity index (χ0) is 20.1. The first-order chi connectivity index (χ1) is 14.0. The molecule has 29 heavy (non-hydrogen) atoms. The average Bonchev–Trinajstić information content (AvgIpc) is 3.42. The molecular weight excluding hydrogens is 364 g/mol. The van der Waals surface area contributed by atoms with Crippen molar-refractivity contribution in [1.82, 2.24) is 9.80 Å². The minimum Gasteiger partial charge on any atom is -0.344 e. The van der Waals surface area contributed by atoms with Crippen LogP contribution in [0.1, 0.15) is 12.0 Å². The smallest absolute Gasteiger partial charge is 0.242 e. The Morgan fingerprint density at radius 3 is 2.38 bits per heavy atom. The minimum atomic E-state index is -0.244. The fourth-order valence-corrected chi connectivity index (χ4v) is 5.30. The number of allylic oxidation sites excluding steroid dienone is 2. The fourth-order valence-electron chi connectivity index (χ4n) is 5.30. The molecule has 2 aromatic rings. The lowest BCUT2D eigenvalue weighted by Crippen LogP contribution is -2.43. The highest BCUT2D eigenvalue weighted by atomic mass is 16.2. The van der Waals surface area contributed by atoms with E-state index in [4.69, 9.17) is 0 Å². The van der Waals surface area contributed by atoms with Gasteiger partial charge in [-0.25, -0.2) is 0 Å². The summed E-state index contributed by atoms with van der Waals surface area (Å²) in [5.41, 5.74) is 1.19. The van der Waals surface area contributed by atoms with Gasteiger partial charge in [-0.3, -0.25) is 19.3 Å². The highest BCUT2D eigenvalue weighted by molar-refractivity contribution is 6.08. The van der Waals surface area contributed by atoms with Gasteiger partial charge in [0.15, 0.2) is 0 Å². The van der Waals surface area contributed by atoms with Gasteiger partial charge in [-0.2, -0.15) is 0 Å². The van der Waals surface area contributed by atoms with E-state index in [0.717, 1.165) is 12.8 Å². The minimum absolute atomic E-state index is 0.143. The number of likely N-dealkylation sites (N-methyl/N-ethyl adjacent to an activating group) is 1. The largest absolute Gasteiger partial charge is 0.344 e. The number of rotatable bonds is 5. The summed E-state index contributed by atoms with van der Waals surface area (Å²) in [6.45, 7) is 0.402. The number of benzene rings is 2. The zero-order valence-electron chi connectivity index (χ0n) is 16.5. The second-order valence-electron chi connectivity index (χ2n) is 8.47. The average molecular weight is 388 g/mol. The van der Waals surface area contributed by atoms with Crippen molar-refractivity contribution in [1.29, 1.82) is 0 Å². The van der Waals surface area contributed by atoms with E-state index in [0.29, 0.717) is 6.54 Å². The maximum atomic E-state index is 12.8. The highest BCUT2D eigenvalue weighted by Crippen LogP contribution is 2.52. The van der Waals surface area contributed by atoms with Crippen molar-refractivity contribution in [2.45, 2.75) is 12.8 Å². The van der Waals surface area contributed by atoms with E-state index in [1.54, 1.807) is 11.9 Å². The molecule has 5 heteroatoms. The lowest BCUT2D eigenvalue weighted by molar-refractivity contribution is -0.146. The summed E-state index contributed by atoms with van der Waals surface area (Å²) in [7, 11) is 1.74. The van der Waals surface area contributed by atoms with Gasteiger partial charge in [0.1, 0.15) is 6.54 Å². The Hall–Kier alpha value is -2.95. The molecule has 3 aliphatic rings. The summed E-state index contributed by atoms with van der Waals surface area (Å²) < 4.78 is 0. The number of fused-ring (bicyclic) bond motifs is 6. The van der Waals surface area contributed by atoms with E-state index in [9.17, 15) is 14.4 Å². The number of hydrogen-bond donors (Lipinski definition) is 0. The van der Waals surface area contributed by atoms with E-state index in [1.165, 1.54) is 21.2 Å². The van der Waals surface area contributed by atoms with Crippen LogP contribution in [-0.4, -0.2) is 47.7 Å². The predicted octanol–water partition coefficient (Wildman–Crippen LogP) is 2.65. The van der Waals surface area contributed by atoms with Crippen LogP contribution in [0.15, 0.2) is 54.6 Å². The van der Waals surface area contributed by atoms with Crippen LogP contribution in [0.25, 0.3) is 10.8 Å². The molecule has 2 bridgehead atoms. The Labute approximate surface area is 170 Å². The van der Waals surface area contributed by atoms with E-state index >= 15 is 0 Å². The molecule has 5 rings (SSSR count). The maximum absolute atomic E-state index is 12.8. The number of likely N-dealkylation sites (tertiary alicyclic amines) is 1. The number of hydrogen-bond acceptors (Lipinski definition) is 3. The molecule has 1 aliphatic heterocycles. The van der Waals surface area contributed by atoms with Gasteiger partial charge in [-0.15, -0.1) is 0 Å². The molecule has 0 radical (unpaired) electrons. The molecule has 3 amide bonds. The van der Waals surface area contributed by atoms with Gasteiger partial charge in [0, 0.05) is 13.6 Å². The summed E-state index contributed by atoms with van der Waals surface area (Å²) in [6.07, 6.45) is 5.77. The molecule has 0 aromatic heterocycles. The molecule has 1 saturated carbocycles. The molecule has 0 N–H and O–H groups in total. The SMILES string of the molecule is CN(CCc1cccc2ccccc12)C(=O)CN1C(=O)C2C3C=CC(C3)C2C1=O. The predicted molar refractivity (Wildman–Crippen MR) is 110 cm³/mol. The Kier molecular flexibility index (Phi) is 4.26. The molecule has 2 aromatic carbocycles. The molecule has 4 unspecified atom stereocenters. The van der Waals surface area contributed by atoms with Crippen LogP contribution < -0.4 is 0 Å². The Balaban J connectivity index is 1.23. The summed E-state index contributed by atoms with van der Waals surface area (Å²) in [4.78, 5) is 41.1. The first kappa shape index (κ1) is 18.1. The Morgan fingerprint density at radius 1 is 1.00 bits per heavy atom. The van der Waals surface area contributed by atoms with Crippen molar-refractivity contribution in [2.75, 3.05) is 20.1 Å². The molecule has 0 spiro atoms. The number of amides is 3. The molecule has 1 saturated heterocycles. The molecule has 2 aliphatic carbocycles. The van der Waals surface area contributed by atoms with Crippen LogP contribution in [0.5, 0.6) is 0 Å². The van der Waals surface area contributed by atoms with Crippen LogP contribution in [0.3, 0.4) is 0 Å². The second kappa shape index (κ2) is 6.83. The van der Waals surface area contributed by atoms with Crippen molar-refractivity contribution < 1.29 is 14.4 Å². The maximum Gasteiger partial charge on any atom is 0.242 e. The van der Waals surface area contributed by atoms with Gasteiger partial charge in [0.25, 0.3) is 0 Å².